The number of hydrogen-bond donors (Lipinski definition) is 2. The molecule has 1 unspecified atom stereocenters. The maximum atomic E-state index is 5.63. The Morgan fingerprint density at radius 3 is 2.38 bits per heavy atom. The van der Waals surface area contributed by atoms with Gasteiger partial charge in [0.2, 0.25) is 0 Å². The average Bonchev–Trinajstić information content (AvgIpc) is 2.66. The summed E-state index contributed by atoms with van der Waals surface area (Å²) in [5.74, 6) is 1.31. The van der Waals surface area contributed by atoms with Crippen molar-refractivity contribution in [3.8, 4) is 0 Å². The summed E-state index contributed by atoms with van der Waals surface area (Å²) in [5.41, 5.74) is 8.00. The highest BCUT2D eigenvalue weighted by atomic mass is 15.0. The molecule has 0 saturated carbocycles. The molecule has 0 aliphatic rings. The van der Waals surface area contributed by atoms with Crippen molar-refractivity contribution in [2.24, 2.45) is 5.92 Å². The zero-order valence-electron chi connectivity index (χ0n) is 9.64. The molecule has 0 bridgehead atoms. The van der Waals surface area contributed by atoms with Gasteiger partial charge >= 0.3 is 0 Å². The molecular formula is C13H17N3. The molecular weight excluding hydrogens is 198 g/mol. The molecule has 0 aliphatic carbocycles. The van der Waals surface area contributed by atoms with E-state index >= 15 is 0 Å². The number of nitrogens with one attached hydrogen (secondary N) is 1. The number of rotatable bonds is 3. The van der Waals surface area contributed by atoms with Gasteiger partial charge in [0, 0.05) is 11.6 Å². The van der Waals surface area contributed by atoms with Crippen molar-refractivity contribution >= 4 is 5.95 Å². The molecule has 1 heterocycles. The first-order valence-electron chi connectivity index (χ1n) is 5.54. The molecule has 2 aromatic rings. The smallest absolute Gasteiger partial charge is 0.197 e. The molecule has 1 atom stereocenters. The summed E-state index contributed by atoms with van der Waals surface area (Å²) >= 11 is 0. The predicted octanol–water partition coefficient (Wildman–Crippen LogP) is 2.78. The standard InChI is InChI=1S/C13H17N3/c1-9(2)12(10-6-4-3-5-7-10)11-8-15-13(14)16-11/h3-9,12H,1-2H3,(H3,14,15,16). The number of anilines is 1. The van der Waals surface area contributed by atoms with Crippen molar-refractivity contribution in [2.45, 2.75) is 19.8 Å². The number of benzene rings is 1. The summed E-state index contributed by atoms with van der Waals surface area (Å²) in [5, 5.41) is 0. The number of aromatic nitrogens is 2. The molecule has 2 rings (SSSR count). The first kappa shape index (κ1) is 10.7. The van der Waals surface area contributed by atoms with Crippen LogP contribution in [0, 0.1) is 5.92 Å². The van der Waals surface area contributed by atoms with E-state index in [0.717, 1.165) is 5.69 Å². The quantitative estimate of drug-likeness (QED) is 0.827. The SMILES string of the molecule is CC(C)C(c1ccccc1)c1cnc(N)[nH]1. The molecule has 0 radical (unpaired) electrons. The fourth-order valence-corrected chi connectivity index (χ4v) is 2.09. The highest BCUT2D eigenvalue weighted by Crippen LogP contribution is 2.30. The lowest BCUT2D eigenvalue weighted by Gasteiger charge is -2.19. The molecule has 84 valence electrons. The van der Waals surface area contributed by atoms with Crippen LogP contribution in [-0.2, 0) is 0 Å². The van der Waals surface area contributed by atoms with Crippen LogP contribution in [0.1, 0.15) is 31.0 Å². The fourth-order valence-electron chi connectivity index (χ4n) is 2.09. The van der Waals surface area contributed by atoms with Gasteiger partial charge in [0.25, 0.3) is 0 Å². The molecule has 1 aromatic carbocycles. The third kappa shape index (κ3) is 2.08. The maximum absolute atomic E-state index is 5.63. The van der Waals surface area contributed by atoms with Crippen molar-refractivity contribution in [3.63, 3.8) is 0 Å². The Hall–Kier alpha value is -1.77. The monoisotopic (exact) mass is 215 g/mol. The van der Waals surface area contributed by atoms with E-state index in [4.69, 9.17) is 5.73 Å². The van der Waals surface area contributed by atoms with Crippen LogP contribution in [0.15, 0.2) is 36.5 Å². The minimum Gasteiger partial charge on any atom is -0.369 e. The van der Waals surface area contributed by atoms with Gasteiger partial charge in [0.1, 0.15) is 0 Å². The van der Waals surface area contributed by atoms with Gasteiger partial charge in [0.05, 0.1) is 6.20 Å². The summed E-state index contributed by atoms with van der Waals surface area (Å²) in [4.78, 5) is 7.19. The number of H-pyrrole nitrogens is 1. The molecule has 0 fully saturated rings. The summed E-state index contributed by atoms with van der Waals surface area (Å²) in [7, 11) is 0. The minimum atomic E-state index is 0.325. The average molecular weight is 215 g/mol. The van der Waals surface area contributed by atoms with Gasteiger partial charge in [-0.3, -0.25) is 0 Å². The molecule has 0 spiro atoms. The third-order valence-electron chi connectivity index (χ3n) is 2.78. The third-order valence-corrected chi connectivity index (χ3v) is 2.78. The van der Waals surface area contributed by atoms with Crippen LogP contribution in [0.25, 0.3) is 0 Å². The largest absolute Gasteiger partial charge is 0.369 e. The summed E-state index contributed by atoms with van der Waals surface area (Å²) in [6.45, 7) is 4.41. The Bertz CT molecular complexity index is 445. The highest BCUT2D eigenvalue weighted by molar-refractivity contribution is 5.31. The van der Waals surface area contributed by atoms with E-state index in [-0.39, 0.29) is 0 Å². The first-order valence-corrected chi connectivity index (χ1v) is 5.54. The van der Waals surface area contributed by atoms with Gasteiger partial charge in [-0.1, -0.05) is 44.2 Å². The summed E-state index contributed by atoms with van der Waals surface area (Å²) in [6, 6.07) is 10.4. The summed E-state index contributed by atoms with van der Waals surface area (Å²) < 4.78 is 0. The predicted molar refractivity (Wildman–Crippen MR) is 66.1 cm³/mol. The molecule has 16 heavy (non-hydrogen) atoms. The Morgan fingerprint density at radius 1 is 1.19 bits per heavy atom. The van der Waals surface area contributed by atoms with Crippen LogP contribution in [0.4, 0.5) is 5.95 Å². The van der Waals surface area contributed by atoms with Crippen molar-refractivity contribution in [1.29, 1.82) is 0 Å². The second kappa shape index (κ2) is 4.39. The van der Waals surface area contributed by atoms with Crippen LogP contribution >= 0.6 is 0 Å². The molecule has 0 saturated heterocycles. The van der Waals surface area contributed by atoms with Crippen molar-refractivity contribution in [3.05, 3.63) is 47.8 Å². The Labute approximate surface area is 95.7 Å². The Morgan fingerprint density at radius 2 is 1.88 bits per heavy atom. The lowest BCUT2D eigenvalue weighted by molar-refractivity contribution is 0.554. The van der Waals surface area contributed by atoms with E-state index in [1.807, 2.05) is 12.3 Å². The van der Waals surface area contributed by atoms with Gasteiger partial charge in [-0.05, 0) is 11.5 Å². The van der Waals surface area contributed by atoms with Crippen LogP contribution in [0.3, 0.4) is 0 Å². The van der Waals surface area contributed by atoms with Crippen LogP contribution < -0.4 is 5.73 Å². The first-order chi connectivity index (χ1) is 7.68. The molecule has 3 N–H and O–H groups in total. The Kier molecular flexibility index (Phi) is 2.95. The zero-order valence-corrected chi connectivity index (χ0v) is 9.64. The number of imidazole rings is 1. The topological polar surface area (TPSA) is 54.7 Å². The zero-order chi connectivity index (χ0) is 11.5. The van der Waals surface area contributed by atoms with Gasteiger partial charge in [0.15, 0.2) is 5.95 Å². The minimum absolute atomic E-state index is 0.325. The summed E-state index contributed by atoms with van der Waals surface area (Å²) in [6.07, 6.45) is 1.83. The molecule has 1 aromatic heterocycles. The second-order valence-corrected chi connectivity index (χ2v) is 4.36. The number of nitrogens with zero attached hydrogens (tertiary/aromatic N) is 1. The lowest BCUT2D eigenvalue weighted by atomic mass is 9.86. The molecule has 3 heteroatoms. The molecule has 3 nitrogen and oxygen atoms in total. The Balaban J connectivity index is 2.39. The highest BCUT2D eigenvalue weighted by Gasteiger charge is 2.19. The van der Waals surface area contributed by atoms with Gasteiger partial charge in [-0.15, -0.1) is 0 Å². The van der Waals surface area contributed by atoms with Crippen LogP contribution in [-0.4, -0.2) is 9.97 Å². The van der Waals surface area contributed by atoms with E-state index in [0.29, 0.717) is 17.8 Å². The van der Waals surface area contributed by atoms with E-state index in [9.17, 15) is 0 Å². The number of hydrogen-bond acceptors (Lipinski definition) is 2. The van der Waals surface area contributed by atoms with E-state index in [1.165, 1.54) is 5.56 Å². The van der Waals surface area contributed by atoms with Crippen molar-refractivity contribution < 1.29 is 0 Å². The molecule has 0 amide bonds. The maximum Gasteiger partial charge on any atom is 0.197 e. The van der Waals surface area contributed by atoms with Gasteiger partial charge in [-0.2, -0.15) is 0 Å². The van der Waals surface area contributed by atoms with Crippen LogP contribution in [0.5, 0.6) is 0 Å². The molecule has 0 aliphatic heterocycles. The van der Waals surface area contributed by atoms with Crippen LogP contribution in [0.2, 0.25) is 0 Å². The lowest BCUT2D eigenvalue weighted by Crippen LogP contribution is -2.09. The fraction of sp³-hybridized carbons (Fsp3) is 0.308. The number of nitrogen functional groups attached to an aromatic ring is 1. The van der Waals surface area contributed by atoms with E-state index in [2.05, 4.69) is 48.1 Å². The van der Waals surface area contributed by atoms with Crippen molar-refractivity contribution in [1.82, 2.24) is 9.97 Å². The van der Waals surface area contributed by atoms with Crippen molar-refractivity contribution in [2.75, 3.05) is 5.73 Å². The van der Waals surface area contributed by atoms with Gasteiger partial charge in [-0.25, -0.2) is 4.98 Å². The van der Waals surface area contributed by atoms with E-state index < -0.39 is 0 Å². The van der Waals surface area contributed by atoms with E-state index in [1.54, 1.807) is 0 Å². The number of nitrogens with two attached hydrogens (primary N) is 1. The normalized spacial score (nSPS) is 12.9. The second-order valence-electron chi connectivity index (χ2n) is 4.36. The number of aromatic amines is 1. The van der Waals surface area contributed by atoms with Gasteiger partial charge < -0.3 is 10.7 Å².